The summed E-state index contributed by atoms with van der Waals surface area (Å²) in [6, 6.07) is 4.04. The van der Waals surface area contributed by atoms with Gasteiger partial charge in [0, 0.05) is 6.20 Å². The van der Waals surface area contributed by atoms with Crippen molar-refractivity contribution in [1.82, 2.24) is 4.98 Å². The Kier molecular flexibility index (Phi) is 2.08. The molecule has 12 heavy (non-hydrogen) atoms. The third kappa shape index (κ3) is 1.78. The van der Waals surface area contributed by atoms with E-state index in [1.165, 1.54) is 6.07 Å². The number of hydrogen-bond acceptors (Lipinski definition) is 4. The van der Waals surface area contributed by atoms with E-state index < -0.39 is 10.1 Å². The topological polar surface area (TPSA) is 91.0 Å². The van der Waals surface area contributed by atoms with Gasteiger partial charge in [0.1, 0.15) is 16.7 Å². The summed E-state index contributed by atoms with van der Waals surface area (Å²) in [5.74, 6) is 0. The highest BCUT2D eigenvalue weighted by Gasteiger charge is 2.08. The first-order valence-electron chi connectivity index (χ1n) is 2.87. The van der Waals surface area contributed by atoms with Crippen LogP contribution in [0.1, 0.15) is 5.69 Å². The summed E-state index contributed by atoms with van der Waals surface area (Å²) < 4.78 is 29.4. The van der Waals surface area contributed by atoms with Crippen LogP contribution in [0.2, 0.25) is 0 Å². The van der Waals surface area contributed by atoms with Gasteiger partial charge < -0.3 is 0 Å². The lowest BCUT2D eigenvalue weighted by molar-refractivity contribution is 0.483. The van der Waals surface area contributed by atoms with Crippen molar-refractivity contribution in [3.8, 4) is 6.07 Å². The summed E-state index contributed by atoms with van der Waals surface area (Å²) in [5.41, 5.74) is 0.0994. The third-order valence-corrected chi connectivity index (χ3v) is 1.99. The Morgan fingerprint density at radius 2 is 2.17 bits per heavy atom. The van der Waals surface area contributed by atoms with Crippen LogP contribution in [0, 0.1) is 11.3 Å². The van der Waals surface area contributed by atoms with Crippen LogP contribution in [0.15, 0.2) is 23.2 Å². The molecule has 0 atom stereocenters. The zero-order valence-corrected chi connectivity index (χ0v) is 6.61. The van der Waals surface area contributed by atoms with E-state index in [0.29, 0.717) is 0 Å². The number of nitriles is 1. The second-order valence-corrected chi connectivity index (χ2v) is 3.39. The minimum Gasteiger partial charge on any atom is -0.282 e. The average molecular weight is 184 g/mol. The molecule has 0 aliphatic carbocycles. The van der Waals surface area contributed by atoms with Crippen LogP contribution in [0.25, 0.3) is 0 Å². The first-order valence-corrected chi connectivity index (χ1v) is 4.31. The minimum absolute atomic E-state index is 0.0994. The fraction of sp³-hybridized carbons (Fsp3) is 0. The summed E-state index contributed by atoms with van der Waals surface area (Å²) >= 11 is 0. The maximum absolute atomic E-state index is 10.5. The average Bonchev–Trinajstić information content (AvgIpc) is 2.03. The molecule has 0 aromatic carbocycles. The molecule has 1 aromatic rings. The van der Waals surface area contributed by atoms with E-state index in [-0.39, 0.29) is 10.6 Å². The van der Waals surface area contributed by atoms with Crippen molar-refractivity contribution in [2.24, 2.45) is 0 Å². The predicted octanol–water partition coefficient (Wildman–Crippen LogP) is 0.200. The van der Waals surface area contributed by atoms with E-state index in [0.717, 1.165) is 12.3 Å². The summed E-state index contributed by atoms with van der Waals surface area (Å²) in [5, 5.41) is 8.31. The Morgan fingerprint density at radius 3 is 2.50 bits per heavy atom. The molecule has 0 radical (unpaired) electrons. The van der Waals surface area contributed by atoms with E-state index in [1.807, 2.05) is 0 Å². The second-order valence-electron chi connectivity index (χ2n) is 1.97. The van der Waals surface area contributed by atoms with E-state index in [1.54, 1.807) is 6.07 Å². The van der Waals surface area contributed by atoms with E-state index in [9.17, 15) is 8.42 Å². The van der Waals surface area contributed by atoms with Crippen LogP contribution in [0.4, 0.5) is 0 Å². The van der Waals surface area contributed by atoms with Crippen molar-refractivity contribution < 1.29 is 13.0 Å². The van der Waals surface area contributed by atoms with Gasteiger partial charge in [-0.25, -0.2) is 4.98 Å². The maximum atomic E-state index is 10.5. The van der Waals surface area contributed by atoms with Crippen LogP contribution in [-0.4, -0.2) is 18.0 Å². The number of pyridine rings is 1. The predicted molar refractivity (Wildman–Crippen MR) is 38.8 cm³/mol. The van der Waals surface area contributed by atoms with Gasteiger partial charge in [0.05, 0.1) is 0 Å². The lowest BCUT2D eigenvalue weighted by atomic mass is 10.4. The van der Waals surface area contributed by atoms with Gasteiger partial charge in [0.25, 0.3) is 10.1 Å². The van der Waals surface area contributed by atoms with Crippen LogP contribution in [0.3, 0.4) is 0 Å². The van der Waals surface area contributed by atoms with Crippen LogP contribution in [0.5, 0.6) is 0 Å². The highest BCUT2D eigenvalue weighted by Crippen LogP contribution is 2.05. The van der Waals surface area contributed by atoms with Gasteiger partial charge in [-0.3, -0.25) is 4.55 Å². The van der Waals surface area contributed by atoms with Gasteiger partial charge in [-0.05, 0) is 12.1 Å². The molecule has 0 aliphatic heterocycles. The molecule has 0 bridgehead atoms. The zero-order valence-electron chi connectivity index (χ0n) is 5.80. The summed E-state index contributed by atoms with van der Waals surface area (Å²) in [4.78, 5) is 3.15. The van der Waals surface area contributed by atoms with E-state index in [4.69, 9.17) is 9.81 Å². The molecule has 1 aromatic heterocycles. The van der Waals surface area contributed by atoms with Crippen molar-refractivity contribution in [2.75, 3.05) is 0 Å². The Hall–Kier alpha value is -1.45. The molecular formula is C6H4N2O3S. The van der Waals surface area contributed by atoms with Crippen molar-refractivity contribution in [3.63, 3.8) is 0 Å². The van der Waals surface area contributed by atoms with Crippen molar-refractivity contribution in [1.29, 1.82) is 5.26 Å². The summed E-state index contributed by atoms with van der Waals surface area (Å²) in [6.07, 6.45) is 0.924. The number of nitrogens with zero attached hydrogens (tertiary/aromatic N) is 2. The molecule has 6 heteroatoms. The summed E-state index contributed by atoms with van der Waals surface area (Å²) in [6.45, 7) is 0. The van der Waals surface area contributed by atoms with Crippen molar-refractivity contribution in [2.45, 2.75) is 4.90 Å². The molecule has 0 fully saturated rings. The Bertz CT molecular complexity index is 415. The van der Waals surface area contributed by atoms with Crippen molar-refractivity contribution >= 4 is 10.1 Å². The molecule has 1 heterocycles. The first-order chi connectivity index (χ1) is 5.54. The molecule has 62 valence electrons. The van der Waals surface area contributed by atoms with Crippen molar-refractivity contribution in [3.05, 3.63) is 24.0 Å². The van der Waals surface area contributed by atoms with Gasteiger partial charge in [-0.15, -0.1) is 0 Å². The SMILES string of the molecule is N#Cc1ccc(S(=O)(=O)O)cn1. The monoisotopic (exact) mass is 184 g/mol. The van der Waals surface area contributed by atoms with Crippen LogP contribution < -0.4 is 0 Å². The standard InChI is InChI=1S/C6H4N2O3S/c7-3-5-1-2-6(4-8-5)12(9,10)11/h1-2,4H,(H,9,10,11). The Labute approximate surface area is 69.0 Å². The quantitative estimate of drug-likeness (QED) is 0.629. The molecule has 1 N–H and O–H groups in total. The summed E-state index contributed by atoms with van der Waals surface area (Å²) in [7, 11) is -4.20. The molecular weight excluding hydrogens is 180 g/mol. The van der Waals surface area contributed by atoms with E-state index in [2.05, 4.69) is 4.98 Å². The number of hydrogen-bond donors (Lipinski definition) is 1. The maximum Gasteiger partial charge on any atom is 0.296 e. The highest BCUT2D eigenvalue weighted by molar-refractivity contribution is 7.85. The lowest BCUT2D eigenvalue weighted by Crippen LogP contribution is -1.98. The molecule has 5 nitrogen and oxygen atoms in total. The normalized spacial score (nSPS) is 10.7. The lowest BCUT2D eigenvalue weighted by Gasteiger charge is -1.93. The largest absolute Gasteiger partial charge is 0.296 e. The molecule has 1 rings (SSSR count). The minimum atomic E-state index is -4.20. The third-order valence-electron chi connectivity index (χ3n) is 1.15. The van der Waals surface area contributed by atoms with Gasteiger partial charge in [-0.2, -0.15) is 13.7 Å². The zero-order chi connectivity index (χ0) is 9.19. The molecule has 0 amide bonds. The number of aromatic nitrogens is 1. The molecule has 0 saturated heterocycles. The Morgan fingerprint density at radius 1 is 1.50 bits per heavy atom. The Balaban J connectivity index is 3.20. The highest BCUT2D eigenvalue weighted by atomic mass is 32.2. The first kappa shape index (κ1) is 8.64. The molecule has 0 saturated carbocycles. The van der Waals surface area contributed by atoms with Gasteiger partial charge in [0.15, 0.2) is 0 Å². The van der Waals surface area contributed by atoms with Crippen LogP contribution in [-0.2, 0) is 10.1 Å². The number of rotatable bonds is 1. The van der Waals surface area contributed by atoms with Gasteiger partial charge >= 0.3 is 0 Å². The van der Waals surface area contributed by atoms with Gasteiger partial charge in [0.2, 0.25) is 0 Å². The van der Waals surface area contributed by atoms with Gasteiger partial charge in [-0.1, -0.05) is 0 Å². The van der Waals surface area contributed by atoms with Crippen LogP contribution >= 0.6 is 0 Å². The molecule has 0 spiro atoms. The smallest absolute Gasteiger partial charge is 0.282 e. The molecule has 0 aliphatic rings. The fourth-order valence-corrected chi connectivity index (χ4v) is 1.02. The fourth-order valence-electron chi connectivity index (χ4n) is 0.599. The van der Waals surface area contributed by atoms with E-state index >= 15 is 0 Å². The molecule has 0 unspecified atom stereocenters. The second kappa shape index (κ2) is 2.89.